The number of benzene rings is 1. The summed E-state index contributed by atoms with van der Waals surface area (Å²) in [6.45, 7) is 0. The molecule has 0 aliphatic carbocycles. The fourth-order valence-electron chi connectivity index (χ4n) is 3.11. The van der Waals surface area contributed by atoms with Gasteiger partial charge in [0, 0.05) is 29.5 Å². The Balaban J connectivity index is 1.69. The van der Waals surface area contributed by atoms with E-state index in [0.717, 1.165) is 39.1 Å². The van der Waals surface area contributed by atoms with Crippen molar-refractivity contribution in [1.82, 2.24) is 24.3 Å². The molecule has 4 aromatic heterocycles. The van der Waals surface area contributed by atoms with Gasteiger partial charge in [-0.2, -0.15) is 0 Å². The van der Waals surface area contributed by atoms with Crippen LogP contribution in [-0.4, -0.2) is 24.3 Å². The van der Waals surface area contributed by atoms with Crippen molar-refractivity contribution in [2.75, 3.05) is 5.73 Å². The fraction of sp³-hybridized carbons (Fsp3) is 0. The average Bonchev–Trinajstić information content (AvgIpc) is 3.13. The molecule has 0 unspecified atom stereocenters. The number of aromatic nitrogens is 5. The van der Waals surface area contributed by atoms with Gasteiger partial charge in [-0.1, -0.05) is 24.3 Å². The summed E-state index contributed by atoms with van der Waals surface area (Å²) < 4.78 is 1.87. The summed E-state index contributed by atoms with van der Waals surface area (Å²) >= 11 is 0. The quantitative estimate of drug-likeness (QED) is 0.532. The predicted octanol–water partition coefficient (Wildman–Crippen LogP) is 3.59. The van der Waals surface area contributed by atoms with E-state index in [9.17, 15) is 0 Å². The highest BCUT2D eigenvalue weighted by molar-refractivity contribution is 5.90. The lowest BCUT2D eigenvalue weighted by Gasteiger charge is -2.05. The fourth-order valence-corrected chi connectivity index (χ4v) is 3.11. The van der Waals surface area contributed by atoms with E-state index in [1.165, 1.54) is 0 Å². The molecule has 124 valence electrons. The highest BCUT2D eigenvalue weighted by Gasteiger charge is 2.12. The van der Waals surface area contributed by atoms with Gasteiger partial charge in [0.25, 0.3) is 0 Å². The lowest BCUT2D eigenvalue weighted by molar-refractivity contribution is 1.12. The molecule has 4 heterocycles. The minimum atomic E-state index is 0.454. The molecule has 0 aliphatic heterocycles. The van der Waals surface area contributed by atoms with Crippen LogP contribution in [0.2, 0.25) is 0 Å². The van der Waals surface area contributed by atoms with Crippen molar-refractivity contribution in [3.63, 3.8) is 0 Å². The molecule has 1 aromatic carbocycles. The van der Waals surface area contributed by atoms with E-state index in [2.05, 4.69) is 21.0 Å². The topological polar surface area (TPSA) is 82.0 Å². The molecule has 5 aromatic rings. The second-order valence-corrected chi connectivity index (χ2v) is 5.98. The van der Waals surface area contributed by atoms with Crippen molar-refractivity contribution in [3.8, 4) is 22.6 Å². The van der Waals surface area contributed by atoms with Gasteiger partial charge in [-0.15, -0.1) is 0 Å². The van der Waals surface area contributed by atoms with Crippen LogP contribution in [0.1, 0.15) is 0 Å². The molecule has 0 saturated heterocycles. The van der Waals surface area contributed by atoms with Gasteiger partial charge in [0.05, 0.1) is 22.6 Å². The number of nitrogens with two attached hydrogens (primary N) is 1. The van der Waals surface area contributed by atoms with E-state index < -0.39 is 0 Å². The molecular formula is C20H14N6. The number of pyridine rings is 2. The Hall–Kier alpha value is -3.80. The predicted molar refractivity (Wildman–Crippen MR) is 101 cm³/mol. The molecule has 6 heteroatoms. The van der Waals surface area contributed by atoms with E-state index in [0.29, 0.717) is 5.82 Å². The Labute approximate surface area is 149 Å². The first-order valence-electron chi connectivity index (χ1n) is 8.19. The van der Waals surface area contributed by atoms with Crippen LogP contribution in [0.15, 0.2) is 73.4 Å². The second-order valence-electron chi connectivity index (χ2n) is 5.98. The van der Waals surface area contributed by atoms with Gasteiger partial charge in [0.15, 0.2) is 0 Å². The third kappa shape index (κ3) is 2.28. The van der Waals surface area contributed by atoms with Gasteiger partial charge < -0.3 is 10.1 Å². The molecule has 5 rings (SSSR count). The standard InChI is InChI=1S/C20H14N6/c21-20-19-18(24-12-26(19)10-9-23-20)14-5-4-13-6-7-16(25-17(13)11-14)15-3-1-2-8-22-15/h1-12H,(H2,21,23). The van der Waals surface area contributed by atoms with Gasteiger partial charge >= 0.3 is 0 Å². The molecule has 0 aliphatic rings. The molecule has 0 radical (unpaired) electrons. The Morgan fingerprint density at radius 3 is 2.65 bits per heavy atom. The molecule has 26 heavy (non-hydrogen) atoms. The van der Waals surface area contributed by atoms with Crippen LogP contribution in [0.3, 0.4) is 0 Å². The largest absolute Gasteiger partial charge is 0.382 e. The molecular weight excluding hydrogens is 324 g/mol. The summed E-state index contributed by atoms with van der Waals surface area (Å²) in [7, 11) is 0. The highest BCUT2D eigenvalue weighted by atomic mass is 15.0. The normalized spacial score (nSPS) is 11.2. The first kappa shape index (κ1) is 14.5. The van der Waals surface area contributed by atoms with Crippen LogP contribution in [0, 0.1) is 0 Å². The summed E-state index contributed by atoms with van der Waals surface area (Å²) in [6, 6.07) is 15.9. The Morgan fingerprint density at radius 1 is 0.846 bits per heavy atom. The first-order valence-corrected chi connectivity index (χ1v) is 8.19. The van der Waals surface area contributed by atoms with Crippen molar-refractivity contribution in [2.45, 2.75) is 0 Å². The van der Waals surface area contributed by atoms with Gasteiger partial charge in [-0.05, 0) is 24.3 Å². The molecule has 6 nitrogen and oxygen atoms in total. The summed E-state index contributed by atoms with van der Waals surface area (Å²) in [5.41, 5.74) is 11.2. The minimum Gasteiger partial charge on any atom is -0.382 e. The number of rotatable bonds is 2. The van der Waals surface area contributed by atoms with E-state index in [1.54, 1.807) is 18.7 Å². The number of hydrogen-bond acceptors (Lipinski definition) is 5. The number of imidazole rings is 1. The van der Waals surface area contributed by atoms with Gasteiger partial charge in [0.2, 0.25) is 0 Å². The number of fused-ring (bicyclic) bond motifs is 2. The SMILES string of the molecule is Nc1nccn2cnc(-c3ccc4ccc(-c5ccccn5)nc4c3)c12. The zero-order valence-electron chi connectivity index (χ0n) is 13.7. The number of nitrogen functional groups attached to an aromatic ring is 1. The van der Waals surface area contributed by atoms with Crippen molar-refractivity contribution >= 4 is 22.2 Å². The Kier molecular flexibility index (Phi) is 3.15. The van der Waals surface area contributed by atoms with Crippen LogP contribution in [0.4, 0.5) is 5.82 Å². The number of anilines is 1. The summed E-state index contributed by atoms with van der Waals surface area (Å²) in [4.78, 5) is 17.8. The van der Waals surface area contributed by atoms with E-state index in [1.807, 2.05) is 53.1 Å². The summed E-state index contributed by atoms with van der Waals surface area (Å²) in [5.74, 6) is 0.454. The van der Waals surface area contributed by atoms with E-state index in [-0.39, 0.29) is 0 Å². The maximum atomic E-state index is 6.06. The third-order valence-electron chi connectivity index (χ3n) is 4.37. The highest BCUT2D eigenvalue weighted by Crippen LogP contribution is 2.29. The molecule has 0 amide bonds. The Bertz CT molecular complexity index is 1240. The third-order valence-corrected chi connectivity index (χ3v) is 4.37. The zero-order chi connectivity index (χ0) is 17.5. The first-order chi connectivity index (χ1) is 12.8. The van der Waals surface area contributed by atoms with Crippen molar-refractivity contribution < 1.29 is 0 Å². The zero-order valence-corrected chi connectivity index (χ0v) is 13.7. The monoisotopic (exact) mass is 338 g/mol. The van der Waals surface area contributed by atoms with Crippen LogP contribution >= 0.6 is 0 Å². The summed E-state index contributed by atoms with van der Waals surface area (Å²) in [6.07, 6.45) is 7.00. The van der Waals surface area contributed by atoms with Gasteiger partial charge in [-0.25, -0.2) is 15.0 Å². The second kappa shape index (κ2) is 5.63. The lowest BCUT2D eigenvalue weighted by atomic mass is 10.1. The molecule has 0 spiro atoms. The van der Waals surface area contributed by atoms with Crippen LogP contribution in [0.5, 0.6) is 0 Å². The number of nitrogens with zero attached hydrogens (tertiary/aromatic N) is 5. The molecule has 0 atom stereocenters. The van der Waals surface area contributed by atoms with Crippen molar-refractivity contribution in [1.29, 1.82) is 0 Å². The van der Waals surface area contributed by atoms with Crippen LogP contribution < -0.4 is 5.73 Å². The van der Waals surface area contributed by atoms with Gasteiger partial charge in [-0.3, -0.25) is 4.98 Å². The van der Waals surface area contributed by atoms with Crippen LogP contribution in [-0.2, 0) is 0 Å². The summed E-state index contributed by atoms with van der Waals surface area (Å²) in [5, 5.41) is 1.06. The maximum absolute atomic E-state index is 6.06. The molecule has 0 bridgehead atoms. The van der Waals surface area contributed by atoms with Crippen molar-refractivity contribution in [2.24, 2.45) is 0 Å². The van der Waals surface area contributed by atoms with Crippen LogP contribution in [0.25, 0.3) is 39.1 Å². The van der Waals surface area contributed by atoms with E-state index in [4.69, 9.17) is 10.7 Å². The average molecular weight is 338 g/mol. The minimum absolute atomic E-state index is 0.454. The smallest absolute Gasteiger partial charge is 0.150 e. The number of hydrogen-bond donors (Lipinski definition) is 1. The van der Waals surface area contributed by atoms with E-state index >= 15 is 0 Å². The molecule has 2 N–H and O–H groups in total. The van der Waals surface area contributed by atoms with Crippen molar-refractivity contribution in [3.05, 3.63) is 73.4 Å². The molecule has 0 saturated carbocycles. The lowest BCUT2D eigenvalue weighted by Crippen LogP contribution is -1.95. The Morgan fingerprint density at radius 2 is 1.77 bits per heavy atom. The molecule has 0 fully saturated rings. The van der Waals surface area contributed by atoms with Gasteiger partial charge in [0.1, 0.15) is 17.7 Å². The maximum Gasteiger partial charge on any atom is 0.150 e.